The van der Waals surface area contributed by atoms with Gasteiger partial charge in [-0.25, -0.2) is 0 Å². The van der Waals surface area contributed by atoms with Gasteiger partial charge in [-0.3, -0.25) is 9.78 Å². The Hall–Kier alpha value is -2.10. The van der Waals surface area contributed by atoms with Gasteiger partial charge in [0.2, 0.25) is 0 Å². The molecule has 0 unspecified atom stereocenters. The molecule has 0 saturated heterocycles. The Morgan fingerprint density at radius 2 is 2.05 bits per heavy atom. The lowest BCUT2D eigenvalue weighted by molar-refractivity contribution is 0.0950. The molecule has 1 aliphatic rings. The van der Waals surface area contributed by atoms with Crippen LogP contribution in [0.15, 0.2) is 30.6 Å². The first-order valence-corrected chi connectivity index (χ1v) is 7.02. The molecular formula is C16H19N3O. The zero-order valence-electron chi connectivity index (χ0n) is 11.9. The van der Waals surface area contributed by atoms with Crippen molar-refractivity contribution in [2.45, 2.75) is 39.3 Å². The van der Waals surface area contributed by atoms with Crippen molar-refractivity contribution in [3.8, 4) is 0 Å². The molecule has 104 valence electrons. The molecule has 0 spiro atoms. The zero-order valence-corrected chi connectivity index (χ0v) is 11.9. The van der Waals surface area contributed by atoms with E-state index >= 15 is 0 Å². The maximum Gasteiger partial charge on any atom is 0.253 e. The molecule has 1 N–H and O–H groups in total. The van der Waals surface area contributed by atoms with Crippen molar-refractivity contribution in [3.63, 3.8) is 0 Å². The highest BCUT2D eigenvalue weighted by atomic mass is 16.1. The minimum atomic E-state index is 0.00168. The molecule has 4 heteroatoms. The van der Waals surface area contributed by atoms with Gasteiger partial charge in [0, 0.05) is 36.4 Å². The van der Waals surface area contributed by atoms with Crippen LogP contribution in [0.1, 0.15) is 46.2 Å². The van der Waals surface area contributed by atoms with E-state index in [1.165, 1.54) is 18.5 Å². The molecule has 2 heterocycles. The molecule has 1 fully saturated rings. The molecule has 0 bridgehead atoms. The molecule has 1 aliphatic carbocycles. The summed E-state index contributed by atoms with van der Waals surface area (Å²) in [6, 6.07) is 6.42. The standard InChI is InChI=1S/C16H19N3O/c1-11-9-15(12(2)19(11)14-3-4-14)16(20)18-10-13-5-7-17-8-6-13/h5-9,14H,3-4,10H2,1-2H3,(H,18,20). The highest BCUT2D eigenvalue weighted by molar-refractivity contribution is 5.95. The van der Waals surface area contributed by atoms with E-state index in [-0.39, 0.29) is 5.91 Å². The van der Waals surface area contributed by atoms with E-state index in [4.69, 9.17) is 0 Å². The first-order chi connectivity index (χ1) is 9.66. The topological polar surface area (TPSA) is 46.9 Å². The van der Waals surface area contributed by atoms with Gasteiger partial charge in [-0.2, -0.15) is 0 Å². The van der Waals surface area contributed by atoms with Crippen molar-refractivity contribution in [2.24, 2.45) is 0 Å². The SMILES string of the molecule is Cc1cc(C(=O)NCc2ccncc2)c(C)n1C1CC1. The van der Waals surface area contributed by atoms with Crippen LogP contribution in [0.2, 0.25) is 0 Å². The van der Waals surface area contributed by atoms with E-state index in [1.807, 2.05) is 25.1 Å². The Morgan fingerprint density at radius 1 is 1.35 bits per heavy atom. The largest absolute Gasteiger partial charge is 0.348 e. The first-order valence-electron chi connectivity index (χ1n) is 7.02. The summed E-state index contributed by atoms with van der Waals surface area (Å²) in [5.74, 6) is 0.00168. The van der Waals surface area contributed by atoms with Gasteiger partial charge in [0.05, 0.1) is 5.56 Å². The Labute approximate surface area is 118 Å². The van der Waals surface area contributed by atoms with Crippen molar-refractivity contribution < 1.29 is 4.79 Å². The third-order valence-corrected chi connectivity index (χ3v) is 3.84. The summed E-state index contributed by atoms with van der Waals surface area (Å²) in [7, 11) is 0. The summed E-state index contributed by atoms with van der Waals surface area (Å²) in [5, 5.41) is 2.98. The van der Waals surface area contributed by atoms with Crippen LogP contribution in [-0.4, -0.2) is 15.5 Å². The number of carbonyl (C=O) groups excluding carboxylic acids is 1. The van der Waals surface area contributed by atoms with E-state index in [9.17, 15) is 4.79 Å². The Balaban J connectivity index is 1.73. The van der Waals surface area contributed by atoms with Crippen LogP contribution >= 0.6 is 0 Å². The van der Waals surface area contributed by atoms with Gasteiger partial charge in [0.1, 0.15) is 0 Å². The van der Waals surface area contributed by atoms with Crippen LogP contribution in [0.5, 0.6) is 0 Å². The predicted octanol–water partition coefficient (Wildman–Crippen LogP) is 2.76. The molecule has 20 heavy (non-hydrogen) atoms. The third-order valence-electron chi connectivity index (χ3n) is 3.84. The van der Waals surface area contributed by atoms with E-state index in [2.05, 4.69) is 21.8 Å². The summed E-state index contributed by atoms with van der Waals surface area (Å²) < 4.78 is 2.29. The van der Waals surface area contributed by atoms with E-state index in [1.54, 1.807) is 12.4 Å². The highest BCUT2D eigenvalue weighted by Gasteiger charge is 2.28. The van der Waals surface area contributed by atoms with E-state index < -0.39 is 0 Å². The molecule has 3 rings (SSSR count). The normalized spacial score (nSPS) is 14.3. The number of nitrogens with one attached hydrogen (secondary N) is 1. The van der Waals surface area contributed by atoms with Gasteiger partial charge >= 0.3 is 0 Å². The maximum atomic E-state index is 12.3. The average molecular weight is 269 g/mol. The zero-order chi connectivity index (χ0) is 14.1. The van der Waals surface area contributed by atoms with Crippen LogP contribution in [0.3, 0.4) is 0 Å². The molecule has 1 saturated carbocycles. The summed E-state index contributed by atoms with van der Waals surface area (Å²) in [5.41, 5.74) is 4.11. The number of hydrogen-bond donors (Lipinski definition) is 1. The fraction of sp³-hybridized carbons (Fsp3) is 0.375. The predicted molar refractivity (Wildman–Crippen MR) is 77.6 cm³/mol. The number of pyridine rings is 1. The van der Waals surface area contributed by atoms with E-state index in [0.717, 1.165) is 16.8 Å². The molecule has 1 amide bonds. The molecular weight excluding hydrogens is 250 g/mol. The molecule has 0 radical (unpaired) electrons. The number of amides is 1. The van der Waals surface area contributed by atoms with Crippen LogP contribution in [0.4, 0.5) is 0 Å². The maximum absolute atomic E-state index is 12.3. The molecule has 0 aliphatic heterocycles. The number of rotatable bonds is 4. The lowest BCUT2D eigenvalue weighted by Crippen LogP contribution is -2.23. The third kappa shape index (κ3) is 2.46. The van der Waals surface area contributed by atoms with Crippen LogP contribution in [0.25, 0.3) is 0 Å². The van der Waals surface area contributed by atoms with Crippen LogP contribution < -0.4 is 5.32 Å². The van der Waals surface area contributed by atoms with Gasteiger partial charge in [0.15, 0.2) is 0 Å². The highest BCUT2D eigenvalue weighted by Crippen LogP contribution is 2.38. The molecule has 2 aromatic rings. The van der Waals surface area contributed by atoms with Crippen molar-refractivity contribution in [3.05, 3.63) is 53.1 Å². The number of aromatic nitrogens is 2. The molecule has 2 aromatic heterocycles. The fourth-order valence-corrected chi connectivity index (χ4v) is 2.68. The molecule has 4 nitrogen and oxygen atoms in total. The van der Waals surface area contributed by atoms with Gasteiger partial charge in [-0.1, -0.05) is 0 Å². The van der Waals surface area contributed by atoms with Crippen molar-refractivity contribution in [1.29, 1.82) is 0 Å². The number of hydrogen-bond acceptors (Lipinski definition) is 2. The Kier molecular flexibility index (Phi) is 3.30. The van der Waals surface area contributed by atoms with Gasteiger partial charge in [-0.05, 0) is 50.5 Å². The Bertz CT molecular complexity index is 627. The molecule has 0 aromatic carbocycles. The number of aryl methyl sites for hydroxylation is 1. The summed E-state index contributed by atoms with van der Waals surface area (Å²) >= 11 is 0. The number of nitrogens with zero attached hydrogens (tertiary/aromatic N) is 2. The van der Waals surface area contributed by atoms with Gasteiger partial charge < -0.3 is 9.88 Å². The Morgan fingerprint density at radius 3 is 2.70 bits per heavy atom. The lowest BCUT2D eigenvalue weighted by Gasteiger charge is -2.08. The van der Waals surface area contributed by atoms with Crippen molar-refractivity contribution in [1.82, 2.24) is 14.9 Å². The number of carbonyl (C=O) groups is 1. The van der Waals surface area contributed by atoms with Gasteiger partial charge in [0.25, 0.3) is 5.91 Å². The van der Waals surface area contributed by atoms with Crippen molar-refractivity contribution >= 4 is 5.91 Å². The van der Waals surface area contributed by atoms with Gasteiger partial charge in [-0.15, -0.1) is 0 Å². The summed E-state index contributed by atoms with van der Waals surface area (Å²) in [4.78, 5) is 16.3. The molecule has 0 atom stereocenters. The second-order valence-corrected chi connectivity index (χ2v) is 5.42. The summed E-state index contributed by atoms with van der Waals surface area (Å²) in [6.45, 7) is 4.64. The minimum Gasteiger partial charge on any atom is -0.348 e. The van der Waals surface area contributed by atoms with Crippen molar-refractivity contribution in [2.75, 3.05) is 0 Å². The summed E-state index contributed by atoms with van der Waals surface area (Å²) in [6.07, 6.45) is 5.93. The second kappa shape index (κ2) is 5.12. The average Bonchev–Trinajstić information content (AvgIpc) is 3.23. The second-order valence-electron chi connectivity index (χ2n) is 5.42. The smallest absolute Gasteiger partial charge is 0.253 e. The van der Waals surface area contributed by atoms with Crippen LogP contribution in [-0.2, 0) is 6.54 Å². The van der Waals surface area contributed by atoms with Crippen LogP contribution in [0, 0.1) is 13.8 Å². The van der Waals surface area contributed by atoms with E-state index in [0.29, 0.717) is 12.6 Å². The quantitative estimate of drug-likeness (QED) is 0.927. The fourth-order valence-electron chi connectivity index (χ4n) is 2.68. The first kappa shape index (κ1) is 12.9. The minimum absolute atomic E-state index is 0.00168. The monoisotopic (exact) mass is 269 g/mol. The lowest BCUT2D eigenvalue weighted by atomic mass is 10.2.